The Morgan fingerprint density at radius 3 is 1.91 bits per heavy atom. The standard InChI is InChI=1S/C17H30N6/c18-23-22-16-11-9-7-5-3-1-2-4-6-8-10-13-19-17-20-14-12-15-21-17/h12,14-15H,1-11,13,16H2,(H,19,20,21). The fourth-order valence-corrected chi connectivity index (χ4v) is 2.53. The fraction of sp³-hybridized carbons (Fsp3) is 0.765. The van der Waals surface area contributed by atoms with Crippen molar-refractivity contribution in [2.24, 2.45) is 5.11 Å². The molecule has 6 nitrogen and oxygen atoms in total. The number of anilines is 1. The third-order valence-corrected chi connectivity index (χ3v) is 3.85. The van der Waals surface area contributed by atoms with Gasteiger partial charge in [0.1, 0.15) is 0 Å². The highest BCUT2D eigenvalue weighted by atomic mass is 15.1. The van der Waals surface area contributed by atoms with Gasteiger partial charge in [-0.1, -0.05) is 62.9 Å². The van der Waals surface area contributed by atoms with Crippen molar-refractivity contribution in [1.82, 2.24) is 9.97 Å². The summed E-state index contributed by atoms with van der Waals surface area (Å²) in [5.74, 6) is 0.729. The number of hydrogen-bond donors (Lipinski definition) is 1. The van der Waals surface area contributed by atoms with Crippen LogP contribution in [0.4, 0.5) is 5.95 Å². The molecule has 1 aromatic rings. The average Bonchev–Trinajstić information content (AvgIpc) is 2.59. The molecule has 0 aliphatic carbocycles. The van der Waals surface area contributed by atoms with Crippen molar-refractivity contribution in [3.63, 3.8) is 0 Å². The van der Waals surface area contributed by atoms with Crippen molar-refractivity contribution < 1.29 is 0 Å². The molecule has 0 atom stereocenters. The molecule has 0 spiro atoms. The summed E-state index contributed by atoms with van der Waals surface area (Å²) in [6, 6.07) is 1.83. The highest BCUT2D eigenvalue weighted by Crippen LogP contribution is 2.11. The zero-order chi connectivity index (χ0) is 16.4. The monoisotopic (exact) mass is 318 g/mol. The third-order valence-electron chi connectivity index (χ3n) is 3.85. The van der Waals surface area contributed by atoms with Crippen LogP contribution in [0.1, 0.15) is 70.6 Å². The summed E-state index contributed by atoms with van der Waals surface area (Å²) in [6.45, 7) is 1.61. The van der Waals surface area contributed by atoms with Gasteiger partial charge in [-0.3, -0.25) is 0 Å². The Hall–Kier alpha value is -1.81. The molecule has 1 N–H and O–H groups in total. The number of nitrogens with zero attached hydrogens (tertiary/aromatic N) is 5. The molecule has 128 valence electrons. The van der Waals surface area contributed by atoms with Crippen LogP contribution in [0.5, 0.6) is 0 Å². The molecule has 23 heavy (non-hydrogen) atoms. The summed E-state index contributed by atoms with van der Waals surface area (Å²) in [5, 5.41) is 6.79. The van der Waals surface area contributed by atoms with Crippen LogP contribution in [-0.4, -0.2) is 23.1 Å². The molecule has 0 amide bonds. The number of rotatable bonds is 15. The van der Waals surface area contributed by atoms with Gasteiger partial charge in [-0.05, 0) is 24.4 Å². The molecule has 6 heteroatoms. The lowest BCUT2D eigenvalue weighted by atomic mass is 10.1. The predicted octanol–water partition coefficient (Wildman–Crippen LogP) is 5.49. The Labute approximate surface area is 139 Å². The van der Waals surface area contributed by atoms with Crippen molar-refractivity contribution in [3.8, 4) is 0 Å². The Bertz CT molecular complexity index is 416. The first-order valence-corrected chi connectivity index (χ1v) is 8.95. The summed E-state index contributed by atoms with van der Waals surface area (Å²) in [5.41, 5.74) is 8.16. The van der Waals surface area contributed by atoms with E-state index in [0.717, 1.165) is 18.9 Å². The number of hydrogen-bond acceptors (Lipinski definition) is 4. The van der Waals surface area contributed by atoms with E-state index >= 15 is 0 Å². The summed E-state index contributed by atoms with van der Waals surface area (Å²) in [6.07, 6.45) is 17.5. The van der Waals surface area contributed by atoms with Crippen molar-refractivity contribution in [3.05, 3.63) is 28.9 Å². The van der Waals surface area contributed by atoms with Crippen LogP contribution in [0.25, 0.3) is 10.4 Å². The van der Waals surface area contributed by atoms with E-state index < -0.39 is 0 Å². The second-order valence-electron chi connectivity index (χ2n) is 5.84. The number of azide groups is 1. The summed E-state index contributed by atoms with van der Waals surface area (Å²) < 4.78 is 0. The maximum Gasteiger partial charge on any atom is 0.222 e. The van der Waals surface area contributed by atoms with Crippen molar-refractivity contribution in [2.75, 3.05) is 18.4 Å². The van der Waals surface area contributed by atoms with E-state index in [1.54, 1.807) is 12.4 Å². The van der Waals surface area contributed by atoms with Gasteiger partial charge in [-0.2, -0.15) is 0 Å². The average molecular weight is 318 g/mol. The maximum atomic E-state index is 8.16. The third kappa shape index (κ3) is 12.4. The Morgan fingerprint density at radius 1 is 0.826 bits per heavy atom. The molecule has 0 unspecified atom stereocenters. The molecule has 0 aliphatic rings. The highest BCUT2D eigenvalue weighted by Gasteiger charge is 1.95. The minimum absolute atomic E-state index is 0.655. The van der Waals surface area contributed by atoms with Crippen LogP contribution in [0, 0.1) is 0 Å². The van der Waals surface area contributed by atoms with E-state index in [-0.39, 0.29) is 0 Å². The summed E-state index contributed by atoms with van der Waals surface area (Å²) >= 11 is 0. The predicted molar refractivity (Wildman–Crippen MR) is 95.3 cm³/mol. The molecule has 1 heterocycles. The van der Waals surface area contributed by atoms with Gasteiger partial charge in [0.25, 0.3) is 0 Å². The van der Waals surface area contributed by atoms with Crippen molar-refractivity contribution >= 4 is 5.95 Å². The molecule has 0 bridgehead atoms. The first kappa shape index (κ1) is 19.2. The first-order valence-electron chi connectivity index (χ1n) is 8.95. The Kier molecular flexibility index (Phi) is 12.6. The lowest BCUT2D eigenvalue weighted by Crippen LogP contribution is -2.04. The highest BCUT2D eigenvalue weighted by molar-refractivity contribution is 5.21. The molecule has 0 saturated heterocycles. The molecule has 1 aromatic heterocycles. The van der Waals surface area contributed by atoms with Gasteiger partial charge in [0.15, 0.2) is 0 Å². The lowest BCUT2D eigenvalue weighted by Gasteiger charge is -2.04. The Morgan fingerprint density at radius 2 is 1.35 bits per heavy atom. The van der Waals surface area contributed by atoms with Gasteiger partial charge in [0, 0.05) is 30.4 Å². The van der Waals surface area contributed by atoms with Crippen LogP contribution >= 0.6 is 0 Å². The SMILES string of the molecule is [N-]=[N+]=NCCCCCCCCCCCCCNc1ncccn1. The van der Waals surface area contributed by atoms with E-state index in [1.165, 1.54) is 64.2 Å². The van der Waals surface area contributed by atoms with Gasteiger partial charge < -0.3 is 5.32 Å². The molecular weight excluding hydrogens is 288 g/mol. The minimum Gasteiger partial charge on any atom is -0.354 e. The molecule has 0 radical (unpaired) electrons. The van der Waals surface area contributed by atoms with Crippen molar-refractivity contribution in [2.45, 2.75) is 70.6 Å². The molecule has 0 aromatic carbocycles. The normalized spacial score (nSPS) is 10.3. The van der Waals surface area contributed by atoms with Crippen LogP contribution in [0.2, 0.25) is 0 Å². The van der Waals surface area contributed by atoms with Crippen LogP contribution in [0.15, 0.2) is 23.6 Å². The van der Waals surface area contributed by atoms with Gasteiger partial charge in [0.05, 0.1) is 0 Å². The molecule has 0 aliphatic heterocycles. The zero-order valence-electron chi connectivity index (χ0n) is 14.2. The number of nitrogens with one attached hydrogen (secondary N) is 1. The molecule has 0 saturated carbocycles. The number of unbranched alkanes of at least 4 members (excludes halogenated alkanes) is 10. The molecule has 0 fully saturated rings. The van der Waals surface area contributed by atoms with Gasteiger partial charge >= 0.3 is 0 Å². The maximum absolute atomic E-state index is 8.16. The van der Waals surface area contributed by atoms with Gasteiger partial charge in [0.2, 0.25) is 5.95 Å². The van der Waals surface area contributed by atoms with E-state index in [9.17, 15) is 0 Å². The van der Waals surface area contributed by atoms with E-state index in [4.69, 9.17) is 5.53 Å². The summed E-state index contributed by atoms with van der Waals surface area (Å²) in [7, 11) is 0. The van der Waals surface area contributed by atoms with Crippen LogP contribution < -0.4 is 5.32 Å². The van der Waals surface area contributed by atoms with E-state index in [0.29, 0.717) is 6.54 Å². The molecule has 1 rings (SSSR count). The summed E-state index contributed by atoms with van der Waals surface area (Å²) in [4.78, 5) is 11.0. The van der Waals surface area contributed by atoms with Gasteiger partial charge in [-0.15, -0.1) is 0 Å². The Balaban J connectivity index is 1.74. The van der Waals surface area contributed by atoms with Crippen molar-refractivity contribution in [1.29, 1.82) is 0 Å². The largest absolute Gasteiger partial charge is 0.354 e. The number of aromatic nitrogens is 2. The fourth-order valence-electron chi connectivity index (χ4n) is 2.53. The quantitative estimate of drug-likeness (QED) is 0.201. The second kappa shape index (κ2) is 15.1. The van der Waals surface area contributed by atoms with E-state index in [1.807, 2.05) is 6.07 Å². The lowest BCUT2D eigenvalue weighted by molar-refractivity contribution is 0.549. The van der Waals surface area contributed by atoms with Crippen LogP contribution in [-0.2, 0) is 0 Å². The topological polar surface area (TPSA) is 86.6 Å². The molecular formula is C17H30N6. The van der Waals surface area contributed by atoms with Crippen LogP contribution in [0.3, 0.4) is 0 Å². The zero-order valence-corrected chi connectivity index (χ0v) is 14.2. The first-order chi connectivity index (χ1) is 11.4. The smallest absolute Gasteiger partial charge is 0.222 e. The van der Waals surface area contributed by atoms with E-state index in [2.05, 4.69) is 25.3 Å². The minimum atomic E-state index is 0.655. The second-order valence-corrected chi connectivity index (χ2v) is 5.84. The van der Waals surface area contributed by atoms with Gasteiger partial charge in [-0.25, -0.2) is 9.97 Å².